The first-order chi connectivity index (χ1) is 7.02. The van der Waals surface area contributed by atoms with E-state index in [4.69, 9.17) is 10.8 Å². The first-order valence-corrected chi connectivity index (χ1v) is 5.26. The van der Waals surface area contributed by atoms with Gasteiger partial charge in [0.2, 0.25) is 0 Å². The Morgan fingerprint density at radius 1 is 1.53 bits per heavy atom. The van der Waals surface area contributed by atoms with Crippen LogP contribution in [0.5, 0.6) is 5.75 Å². The van der Waals surface area contributed by atoms with Crippen molar-refractivity contribution in [3.63, 3.8) is 0 Å². The highest BCUT2D eigenvalue weighted by Gasteiger charge is 2.15. The second-order valence-corrected chi connectivity index (χ2v) is 4.07. The Labute approximate surface area is 95.8 Å². The Kier molecular flexibility index (Phi) is 4.11. The van der Waals surface area contributed by atoms with E-state index < -0.39 is 12.0 Å². The van der Waals surface area contributed by atoms with Crippen molar-refractivity contribution < 1.29 is 15.0 Å². The number of aliphatic carboxylic acids is 1. The van der Waals surface area contributed by atoms with E-state index in [0.717, 1.165) is 0 Å². The SMILES string of the molecule is NC(CCC(=O)O)c1c(O)cccc1Br. The lowest BCUT2D eigenvalue weighted by atomic mass is 10.0. The van der Waals surface area contributed by atoms with Gasteiger partial charge in [0.05, 0.1) is 0 Å². The molecule has 0 bridgehead atoms. The van der Waals surface area contributed by atoms with Gasteiger partial charge in [-0.05, 0) is 18.6 Å². The summed E-state index contributed by atoms with van der Waals surface area (Å²) in [7, 11) is 0. The Morgan fingerprint density at radius 2 is 2.20 bits per heavy atom. The van der Waals surface area contributed by atoms with Crippen molar-refractivity contribution in [2.24, 2.45) is 5.73 Å². The van der Waals surface area contributed by atoms with Crippen LogP contribution in [0.2, 0.25) is 0 Å². The molecular weight excluding hydrogens is 262 g/mol. The summed E-state index contributed by atoms with van der Waals surface area (Å²) in [5.74, 6) is -0.806. The number of nitrogens with two attached hydrogens (primary N) is 1. The highest BCUT2D eigenvalue weighted by atomic mass is 79.9. The molecule has 0 aromatic heterocycles. The maximum atomic E-state index is 10.4. The molecule has 5 heteroatoms. The van der Waals surface area contributed by atoms with E-state index >= 15 is 0 Å². The number of carboxylic acids is 1. The summed E-state index contributed by atoms with van der Waals surface area (Å²) in [6.45, 7) is 0. The third kappa shape index (κ3) is 3.21. The Bertz CT molecular complexity index is 347. The van der Waals surface area contributed by atoms with Gasteiger partial charge in [-0.25, -0.2) is 0 Å². The van der Waals surface area contributed by atoms with E-state index in [-0.39, 0.29) is 12.2 Å². The van der Waals surface area contributed by atoms with Gasteiger partial charge in [0.15, 0.2) is 0 Å². The molecule has 1 rings (SSSR count). The number of halogens is 1. The molecule has 0 aliphatic heterocycles. The standard InChI is InChI=1S/C10H12BrNO3/c11-6-2-1-3-8(13)10(6)7(12)4-5-9(14)15/h1-3,7,13H,4-5,12H2,(H,14,15). The minimum Gasteiger partial charge on any atom is -0.508 e. The van der Waals surface area contributed by atoms with E-state index in [9.17, 15) is 9.90 Å². The first kappa shape index (κ1) is 12.0. The lowest BCUT2D eigenvalue weighted by molar-refractivity contribution is -0.137. The second-order valence-electron chi connectivity index (χ2n) is 3.21. The van der Waals surface area contributed by atoms with Crippen molar-refractivity contribution >= 4 is 21.9 Å². The number of phenols is 1. The van der Waals surface area contributed by atoms with Crippen LogP contribution in [0.15, 0.2) is 22.7 Å². The molecule has 0 fully saturated rings. The number of rotatable bonds is 4. The van der Waals surface area contributed by atoms with Crippen LogP contribution in [0.1, 0.15) is 24.4 Å². The van der Waals surface area contributed by atoms with E-state index in [0.29, 0.717) is 16.5 Å². The van der Waals surface area contributed by atoms with Crippen molar-refractivity contribution in [3.8, 4) is 5.75 Å². The highest BCUT2D eigenvalue weighted by molar-refractivity contribution is 9.10. The quantitative estimate of drug-likeness (QED) is 0.784. The predicted molar refractivity (Wildman–Crippen MR) is 59.6 cm³/mol. The third-order valence-corrected chi connectivity index (χ3v) is 2.76. The van der Waals surface area contributed by atoms with Gasteiger partial charge in [-0.2, -0.15) is 0 Å². The molecule has 4 N–H and O–H groups in total. The second kappa shape index (κ2) is 5.14. The lowest BCUT2D eigenvalue weighted by Crippen LogP contribution is -2.13. The third-order valence-electron chi connectivity index (χ3n) is 2.07. The molecule has 0 spiro atoms. The molecule has 1 aromatic carbocycles. The molecule has 1 unspecified atom stereocenters. The molecule has 4 nitrogen and oxygen atoms in total. The monoisotopic (exact) mass is 273 g/mol. The molecule has 0 aliphatic rings. The zero-order valence-corrected chi connectivity index (χ0v) is 9.57. The molecule has 82 valence electrons. The van der Waals surface area contributed by atoms with Crippen molar-refractivity contribution in [3.05, 3.63) is 28.2 Å². The van der Waals surface area contributed by atoms with Crippen molar-refractivity contribution in [2.45, 2.75) is 18.9 Å². The molecule has 0 heterocycles. The molecule has 1 atom stereocenters. The minimum absolute atomic E-state index is 0.0120. The number of aromatic hydroxyl groups is 1. The summed E-state index contributed by atoms with van der Waals surface area (Å²) in [6.07, 6.45) is 0.285. The van der Waals surface area contributed by atoms with Crippen LogP contribution in [-0.2, 0) is 4.79 Å². The van der Waals surface area contributed by atoms with Crippen LogP contribution < -0.4 is 5.73 Å². The van der Waals surface area contributed by atoms with Gasteiger partial charge in [0, 0.05) is 22.5 Å². The lowest BCUT2D eigenvalue weighted by Gasteiger charge is -2.14. The van der Waals surface area contributed by atoms with Crippen LogP contribution in [0, 0.1) is 0 Å². The number of phenolic OH excluding ortho intramolecular Hbond substituents is 1. The number of hydrogen-bond acceptors (Lipinski definition) is 3. The first-order valence-electron chi connectivity index (χ1n) is 4.47. The van der Waals surface area contributed by atoms with Gasteiger partial charge >= 0.3 is 5.97 Å². The summed E-state index contributed by atoms with van der Waals surface area (Å²) in [5, 5.41) is 18.1. The smallest absolute Gasteiger partial charge is 0.303 e. The minimum atomic E-state index is -0.892. The Morgan fingerprint density at radius 3 is 2.73 bits per heavy atom. The van der Waals surface area contributed by atoms with Crippen LogP contribution in [0.4, 0.5) is 0 Å². The van der Waals surface area contributed by atoms with Crippen LogP contribution in [0.3, 0.4) is 0 Å². The molecule has 0 amide bonds. The van der Waals surface area contributed by atoms with Gasteiger partial charge in [0.25, 0.3) is 0 Å². The Balaban J connectivity index is 2.81. The largest absolute Gasteiger partial charge is 0.508 e. The summed E-state index contributed by atoms with van der Waals surface area (Å²) in [5.41, 5.74) is 6.35. The van der Waals surface area contributed by atoms with Crippen molar-refractivity contribution in [1.29, 1.82) is 0 Å². The van der Waals surface area contributed by atoms with Gasteiger partial charge in [-0.3, -0.25) is 4.79 Å². The average molecular weight is 274 g/mol. The molecule has 0 radical (unpaired) electrons. The zero-order valence-electron chi connectivity index (χ0n) is 7.98. The molecule has 0 saturated heterocycles. The molecular formula is C10H12BrNO3. The Hall–Kier alpha value is -1.07. The van der Waals surface area contributed by atoms with E-state index in [1.54, 1.807) is 12.1 Å². The molecule has 15 heavy (non-hydrogen) atoms. The highest BCUT2D eigenvalue weighted by Crippen LogP contribution is 2.32. The number of carbonyl (C=O) groups is 1. The average Bonchev–Trinajstić information content (AvgIpc) is 2.14. The fraction of sp³-hybridized carbons (Fsp3) is 0.300. The number of carboxylic acid groups (broad SMARTS) is 1. The van der Waals surface area contributed by atoms with Crippen molar-refractivity contribution in [1.82, 2.24) is 0 Å². The molecule has 0 saturated carbocycles. The van der Waals surface area contributed by atoms with Crippen LogP contribution in [0.25, 0.3) is 0 Å². The van der Waals surface area contributed by atoms with Crippen LogP contribution >= 0.6 is 15.9 Å². The summed E-state index contributed by atoms with van der Waals surface area (Å²) in [4.78, 5) is 10.4. The zero-order chi connectivity index (χ0) is 11.4. The normalized spacial score (nSPS) is 12.4. The fourth-order valence-electron chi connectivity index (χ4n) is 1.32. The summed E-state index contributed by atoms with van der Waals surface area (Å²) < 4.78 is 0.695. The van der Waals surface area contributed by atoms with Gasteiger partial charge in [-0.1, -0.05) is 22.0 Å². The maximum absolute atomic E-state index is 10.4. The summed E-state index contributed by atoms with van der Waals surface area (Å²) in [6, 6.07) is 4.50. The number of hydrogen-bond donors (Lipinski definition) is 3. The van der Waals surface area contributed by atoms with E-state index in [2.05, 4.69) is 15.9 Å². The molecule has 1 aromatic rings. The van der Waals surface area contributed by atoms with E-state index in [1.165, 1.54) is 6.07 Å². The van der Waals surface area contributed by atoms with Crippen LogP contribution in [-0.4, -0.2) is 16.2 Å². The maximum Gasteiger partial charge on any atom is 0.303 e. The summed E-state index contributed by atoms with van der Waals surface area (Å²) >= 11 is 3.27. The topological polar surface area (TPSA) is 83.6 Å². The number of benzene rings is 1. The van der Waals surface area contributed by atoms with Crippen molar-refractivity contribution in [2.75, 3.05) is 0 Å². The van der Waals surface area contributed by atoms with Gasteiger partial charge < -0.3 is 15.9 Å². The predicted octanol–water partition coefficient (Wildman–Crippen LogP) is 2.02. The fourth-order valence-corrected chi connectivity index (χ4v) is 1.97. The van der Waals surface area contributed by atoms with E-state index in [1.807, 2.05) is 0 Å². The van der Waals surface area contributed by atoms with Gasteiger partial charge in [-0.15, -0.1) is 0 Å². The van der Waals surface area contributed by atoms with Gasteiger partial charge in [0.1, 0.15) is 5.75 Å². The molecule has 0 aliphatic carbocycles.